The summed E-state index contributed by atoms with van der Waals surface area (Å²) < 4.78 is 0. The van der Waals surface area contributed by atoms with E-state index >= 15 is 0 Å². The maximum atomic E-state index is 12.3. The number of carbonyl (C=O) groups is 1. The summed E-state index contributed by atoms with van der Waals surface area (Å²) in [6, 6.07) is 14.3. The van der Waals surface area contributed by atoms with Gasteiger partial charge in [-0.2, -0.15) is 0 Å². The summed E-state index contributed by atoms with van der Waals surface area (Å²) in [5.41, 5.74) is 1.18. The van der Waals surface area contributed by atoms with Gasteiger partial charge in [-0.1, -0.05) is 36.4 Å². The number of aryl methyl sites for hydroxylation is 1. The highest BCUT2D eigenvalue weighted by Gasteiger charge is 2.27. The summed E-state index contributed by atoms with van der Waals surface area (Å²) in [6.45, 7) is 1.56. The van der Waals surface area contributed by atoms with Crippen molar-refractivity contribution in [2.45, 2.75) is 38.2 Å². The van der Waals surface area contributed by atoms with Gasteiger partial charge in [-0.15, -0.1) is 11.3 Å². The van der Waals surface area contributed by atoms with Crippen molar-refractivity contribution in [2.24, 2.45) is 5.92 Å². The first-order chi connectivity index (χ1) is 11.7. The van der Waals surface area contributed by atoms with Crippen LogP contribution in [0.4, 0.5) is 0 Å². The summed E-state index contributed by atoms with van der Waals surface area (Å²) in [5, 5.41) is 12.5. The van der Waals surface area contributed by atoms with E-state index in [0.29, 0.717) is 18.8 Å². The van der Waals surface area contributed by atoms with E-state index in [1.807, 2.05) is 29.2 Å². The Morgan fingerprint density at radius 1 is 1.17 bits per heavy atom. The van der Waals surface area contributed by atoms with Crippen LogP contribution in [0.2, 0.25) is 0 Å². The van der Waals surface area contributed by atoms with Gasteiger partial charge >= 0.3 is 0 Å². The molecule has 2 heterocycles. The summed E-state index contributed by atoms with van der Waals surface area (Å²) in [6.07, 6.45) is 3.64. The Morgan fingerprint density at radius 2 is 1.92 bits per heavy atom. The zero-order valence-corrected chi connectivity index (χ0v) is 14.8. The highest BCUT2D eigenvalue weighted by Crippen LogP contribution is 2.24. The Bertz CT molecular complexity index is 618. The first-order valence-electron chi connectivity index (χ1n) is 8.74. The molecule has 0 bridgehead atoms. The fourth-order valence-corrected chi connectivity index (χ4v) is 4.11. The van der Waals surface area contributed by atoms with Gasteiger partial charge in [0, 0.05) is 24.4 Å². The molecule has 1 aliphatic rings. The van der Waals surface area contributed by atoms with Crippen LogP contribution < -0.4 is 0 Å². The van der Waals surface area contributed by atoms with E-state index in [4.69, 9.17) is 0 Å². The molecule has 1 aliphatic heterocycles. The fraction of sp³-hybridized carbons (Fsp3) is 0.450. The summed E-state index contributed by atoms with van der Waals surface area (Å²) >= 11 is 1.71. The minimum Gasteiger partial charge on any atom is -0.392 e. The Hall–Kier alpha value is -1.65. The van der Waals surface area contributed by atoms with Crippen molar-refractivity contribution in [3.63, 3.8) is 0 Å². The Kier molecular flexibility index (Phi) is 6.05. The van der Waals surface area contributed by atoms with Crippen molar-refractivity contribution in [1.82, 2.24) is 4.90 Å². The molecule has 0 aliphatic carbocycles. The predicted molar refractivity (Wildman–Crippen MR) is 98.1 cm³/mol. The highest BCUT2D eigenvalue weighted by atomic mass is 32.1. The van der Waals surface area contributed by atoms with Crippen LogP contribution in [0.3, 0.4) is 0 Å². The lowest BCUT2D eigenvalue weighted by Crippen LogP contribution is -2.41. The normalized spacial score (nSPS) is 17.0. The quantitative estimate of drug-likeness (QED) is 0.872. The van der Waals surface area contributed by atoms with Gasteiger partial charge in [0.05, 0.1) is 6.10 Å². The maximum Gasteiger partial charge on any atom is 0.222 e. The molecule has 1 atom stereocenters. The molecule has 0 unspecified atom stereocenters. The van der Waals surface area contributed by atoms with E-state index in [0.717, 1.165) is 32.4 Å². The van der Waals surface area contributed by atoms with E-state index in [1.165, 1.54) is 10.4 Å². The van der Waals surface area contributed by atoms with Crippen molar-refractivity contribution >= 4 is 17.2 Å². The average molecular weight is 343 g/mol. The van der Waals surface area contributed by atoms with Crippen LogP contribution in [-0.4, -0.2) is 35.1 Å². The number of amides is 1. The Morgan fingerprint density at radius 3 is 2.58 bits per heavy atom. The van der Waals surface area contributed by atoms with E-state index in [-0.39, 0.29) is 12.0 Å². The number of hydrogen-bond donors (Lipinski definition) is 1. The lowest BCUT2D eigenvalue weighted by molar-refractivity contribution is -0.133. The number of piperidine rings is 1. The van der Waals surface area contributed by atoms with Gasteiger partial charge in [-0.25, -0.2) is 0 Å². The van der Waals surface area contributed by atoms with Crippen molar-refractivity contribution in [2.75, 3.05) is 13.1 Å². The van der Waals surface area contributed by atoms with Crippen LogP contribution in [0.15, 0.2) is 47.8 Å². The second-order valence-electron chi connectivity index (χ2n) is 6.55. The maximum absolute atomic E-state index is 12.3. The van der Waals surface area contributed by atoms with Crippen LogP contribution in [0, 0.1) is 5.92 Å². The molecule has 128 valence electrons. The SMILES string of the molecule is O=C(CCc1cccs1)N1CCC([C@@H](O)Cc2ccccc2)CC1. The van der Waals surface area contributed by atoms with E-state index in [1.54, 1.807) is 11.3 Å². The van der Waals surface area contributed by atoms with Gasteiger partial charge in [-0.3, -0.25) is 4.79 Å². The number of aliphatic hydroxyl groups excluding tert-OH is 1. The zero-order valence-electron chi connectivity index (χ0n) is 13.9. The van der Waals surface area contributed by atoms with Crippen molar-refractivity contribution in [3.8, 4) is 0 Å². The molecule has 0 spiro atoms. The number of likely N-dealkylation sites (tertiary alicyclic amines) is 1. The molecule has 1 saturated heterocycles. The number of aliphatic hydroxyl groups is 1. The summed E-state index contributed by atoms with van der Waals surface area (Å²) in [5.74, 6) is 0.547. The highest BCUT2D eigenvalue weighted by molar-refractivity contribution is 7.09. The van der Waals surface area contributed by atoms with Crippen LogP contribution in [-0.2, 0) is 17.6 Å². The number of carbonyl (C=O) groups excluding carboxylic acids is 1. The van der Waals surface area contributed by atoms with Gasteiger partial charge in [0.1, 0.15) is 0 Å². The predicted octanol–water partition coefficient (Wildman–Crippen LogP) is 3.52. The lowest BCUT2D eigenvalue weighted by atomic mass is 9.88. The molecule has 1 N–H and O–H groups in total. The monoisotopic (exact) mass is 343 g/mol. The Balaban J connectivity index is 1.42. The second-order valence-corrected chi connectivity index (χ2v) is 7.59. The number of hydrogen-bond acceptors (Lipinski definition) is 3. The molecule has 1 fully saturated rings. The van der Waals surface area contributed by atoms with Gasteiger partial charge in [0.2, 0.25) is 5.91 Å². The number of rotatable bonds is 6. The third-order valence-corrected chi connectivity index (χ3v) is 5.83. The van der Waals surface area contributed by atoms with Gasteiger partial charge in [0.15, 0.2) is 0 Å². The molecule has 1 amide bonds. The van der Waals surface area contributed by atoms with Crippen LogP contribution in [0.25, 0.3) is 0 Å². The van der Waals surface area contributed by atoms with Crippen molar-refractivity contribution in [1.29, 1.82) is 0 Å². The van der Waals surface area contributed by atoms with Crippen molar-refractivity contribution in [3.05, 3.63) is 58.3 Å². The number of nitrogens with zero attached hydrogens (tertiary/aromatic N) is 1. The molecule has 24 heavy (non-hydrogen) atoms. The van der Waals surface area contributed by atoms with Gasteiger partial charge in [0.25, 0.3) is 0 Å². The van der Waals surface area contributed by atoms with Crippen LogP contribution >= 0.6 is 11.3 Å². The topological polar surface area (TPSA) is 40.5 Å². The van der Waals surface area contributed by atoms with E-state index < -0.39 is 0 Å². The Labute approximate surface area is 147 Å². The average Bonchev–Trinajstić information content (AvgIpc) is 3.14. The largest absolute Gasteiger partial charge is 0.392 e. The molecule has 3 nitrogen and oxygen atoms in total. The molecular formula is C20H25NO2S. The molecule has 2 aromatic rings. The molecule has 0 saturated carbocycles. The molecular weight excluding hydrogens is 318 g/mol. The summed E-state index contributed by atoms with van der Waals surface area (Å²) in [7, 11) is 0. The number of thiophene rings is 1. The van der Waals surface area contributed by atoms with Crippen LogP contribution in [0.5, 0.6) is 0 Å². The molecule has 3 rings (SSSR count). The zero-order chi connectivity index (χ0) is 16.8. The second kappa shape index (κ2) is 8.45. The van der Waals surface area contributed by atoms with Crippen molar-refractivity contribution < 1.29 is 9.90 Å². The molecule has 4 heteroatoms. The third kappa shape index (κ3) is 4.68. The molecule has 0 radical (unpaired) electrons. The van der Waals surface area contributed by atoms with Gasteiger partial charge in [-0.05, 0) is 48.6 Å². The number of benzene rings is 1. The minimum absolute atomic E-state index is 0.249. The third-order valence-electron chi connectivity index (χ3n) is 4.89. The molecule has 1 aromatic carbocycles. The lowest BCUT2D eigenvalue weighted by Gasteiger charge is -2.34. The standard InChI is InChI=1S/C20H25NO2S/c22-19(15-16-5-2-1-3-6-16)17-10-12-21(13-11-17)20(23)9-8-18-7-4-14-24-18/h1-7,14,17,19,22H,8-13,15H2/t19-/m0/s1. The first kappa shape index (κ1) is 17.2. The summed E-state index contributed by atoms with van der Waals surface area (Å²) in [4.78, 5) is 15.6. The first-order valence-corrected chi connectivity index (χ1v) is 9.62. The van der Waals surface area contributed by atoms with E-state index in [9.17, 15) is 9.90 Å². The van der Waals surface area contributed by atoms with Crippen LogP contribution in [0.1, 0.15) is 29.7 Å². The van der Waals surface area contributed by atoms with E-state index in [2.05, 4.69) is 23.6 Å². The smallest absolute Gasteiger partial charge is 0.222 e. The fourth-order valence-electron chi connectivity index (χ4n) is 3.40. The molecule has 1 aromatic heterocycles. The van der Waals surface area contributed by atoms with Gasteiger partial charge < -0.3 is 10.0 Å². The minimum atomic E-state index is -0.309.